The molecule has 4 aromatic carbocycles. The summed E-state index contributed by atoms with van der Waals surface area (Å²) in [5.41, 5.74) is -6.56. The zero-order valence-electron chi connectivity index (χ0n) is 48.0. The van der Waals surface area contributed by atoms with E-state index < -0.39 is 131 Å². The van der Waals surface area contributed by atoms with Gasteiger partial charge in [-0.1, -0.05) is 30.3 Å². The van der Waals surface area contributed by atoms with Crippen LogP contribution in [-0.2, 0) is 70.2 Å². The number of rotatable bonds is 11. The number of alkyl halides is 8. The molecule has 0 aliphatic carbocycles. The molecular formula is C53H55ClF11K2N5O11. The maximum absolute atomic E-state index is 14.5. The number of nitrogens with zero attached hydrogens (tertiary/aromatic N) is 5. The van der Waals surface area contributed by atoms with Gasteiger partial charge in [0.1, 0.15) is 52.4 Å². The zero-order chi connectivity index (χ0) is 61.9. The molecule has 0 bridgehead atoms. The summed E-state index contributed by atoms with van der Waals surface area (Å²) < 4.78 is 160. The van der Waals surface area contributed by atoms with Crippen LogP contribution < -0.4 is 113 Å². The van der Waals surface area contributed by atoms with Crippen LogP contribution in [0.3, 0.4) is 0 Å². The van der Waals surface area contributed by atoms with Crippen LogP contribution in [0.25, 0.3) is 0 Å². The van der Waals surface area contributed by atoms with Crippen molar-refractivity contribution < 1.29 is 207 Å². The van der Waals surface area contributed by atoms with Crippen LogP contribution in [0.4, 0.5) is 63.6 Å². The van der Waals surface area contributed by atoms with Gasteiger partial charge in [-0.3, -0.25) is 33.3 Å². The Morgan fingerprint density at radius 3 is 1.57 bits per heavy atom. The summed E-state index contributed by atoms with van der Waals surface area (Å²) >= 11 is 5.82. The van der Waals surface area contributed by atoms with Crippen LogP contribution in [0.5, 0.6) is 0 Å². The van der Waals surface area contributed by atoms with Crippen LogP contribution in [0.15, 0.2) is 84.9 Å². The third-order valence-corrected chi connectivity index (χ3v) is 12.4. The Labute approximate surface area is 562 Å². The minimum absolute atomic E-state index is 0. The van der Waals surface area contributed by atoms with E-state index in [9.17, 15) is 77.1 Å². The predicted molar refractivity (Wildman–Crippen MR) is 265 cm³/mol. The van der Waals surface area contributed by atoms with Crippen LogP contribution >= 0.6 is 11.6 Å². The second-order valence-electron chi connectivity index (χ2n) is 20.2. The van der Waals surface area contributed by atoms with Crippen LogP contribution in [0, 0.1) is 23.3 Å². The molecule has 0 atom stereocenters. The Hall–Kier alpha value is -4.28. The Morgan fingerprint density at radius 1 is 0.723 bits per heavy atom. The van der Waals surface area contributed by atoms with Crippen molar-refractivity contribution in [2.45, 2.75) is 95.7 Å². The summed E-state index contributed by atoms with van der Waals surface area (Å²) in [4.78, 5) is 95.5. The minimum atomic E-state index is -4.57. The molecule has 0 N–H and O–H groups in total. The van der Waals surface area contributed by atoms with Crippen molar-refractivity contribution in [2.75, 3.05) is 50.7 Å². The first kappa shape index (κ1) is 73.0. The van der Waals surface area contributed by atoms with Gasteiger partial charge in [0.05, 0.1) is 51.5 Å². The maximum Gasteiger partial charge on any atom is 1.00 e. The number of Topliss-reactive ketones (excluding diaryl/α,β-unsaturated/α-hetero) is 1. The fourth-order valence-corrected chi connectivity index (χ4v) is 8.58. The average molecular weight is 1260 g/mol. The molecule has 3 fully saturated rings. The van der Waals surface area contributed by atoms with Gasteiger partial charge in [0, 0.05) is 31.6 Å². The molecule has 4 aromatic rings. The molecule has 444 valence electrons. The number of anilines is 1. The number of hydrogen-bond acceptors (Lipinski definition) is 11. The average Bonchev–Trinajstić information content (AvgIpc) is 3.48. The standard InChI is InChI=1S/C26H26ClF5N2O4.C25H24F5N3O4.CH3F.CH2O3.2K.H/c1-24(2,3)38-23(37)33-14-25(15-33,21(35)10-17-6-9-19(28)11-20(17)29)34(22(36)12-27)13-16-4-7-18(8-5-16)26(30,31)32;1-23(2,3)37-22(36)31-13-24(14-31)21(35)32(19-9-8-17(26)10-18(19)27)12-20(34)33(24)11-15-4-6-16(7-5-15)25(28,29)30;1-2;2-1-4-3;;;/h4-9,11H,10,12-15H2,1-3H3;4-10H,11-14H2,1-3H3;1H3;1,3H;;;/q;;;;2*+1;-1/p-1/i;;1D;;;;. The van der Waals surface area contributed by atoms with Crippen molar-refractivity contribution in [3.05, 3.63) is 136 Å². The summed E-state index contributed by atoms with van der Waals surface area (Å²) in [6, 6.07) is 13.4. The molecule has 30 heteroatoms. The second-order valence-corrected chi connectivity index (χ2v) is 20.5. The number of piperazine rings is 1. The molecule has 0 saturated carbocycles. The number of benzene rings is 4. The number of carbonyl (C=O) groups excluding carboxylic acids is 7. The molecule has 83 heavy (non-hydrogen) atoms. The molecule has 1 spiro atoms. The molecule has 0 unspecified atom stereocenters. The molecule has 5 amide bonds. The summed E-state index contributed by atoms with van der Waals surface area (Å²) in [6.45, 7) is 7.48. The summed E-state index contributed by atoms with van der Waals surface area (Å²) in [5, 5.41) is 8.43. The SMILES string of the molecule is CC(C)(C)OC(=O)N1CC(C(=O)Cc2ccc(F)cc2F)(N(Cc2ccc(C(F)(F)F)cc2)C(=O)CCl)C1.CC(C)(C)OC(=O)N1CC2(C1)C(=O)N(c1ccc(F)cc1F)CC(=O)N2Cc1ccc(C(F)(F)F)cc1.O=CO[O-].[2H]CF.[H-].[K+].[K+]. The molecule has 0 aromatic heterocycles. The largest absolute Gasteiger partial charge is 1.00 e. The molecule has 16 nitrogen and oxygen atoms in total. The van der Waals surface area contributed by atoms with Crippen molar-refractivity contribution >= 4 is 59.5 Å². The Balaban J connectivity index is 0.000000742. The summed E-state index contributed by atoms with van der Waals surface area (Å²) in [7, 11) is -1.00. The first-order chi connectivity index (χ1) is 38.0. The molecular weight excluding hydrogens is 1210 g/mol. The number of ketones is 1. The molecule has 7 rings (SSSR count). The first-order valence-electron chi connectivity index (χ1n) is 24.5. The van der Waals surface area contributed by atoms with Gasteiger partial charge in [-0.25, -0.2) is 27.2 Å². The van der Waals surface area contributed by atoms with E-state index in [2.05, 4.69) is 4.89 Å². The first-order valence-corrected chi connectivity index (χ1v) is 24.3. The fraction of sp³-hybridized carbons (Fsp3) is 0.415. The van der Waals surface area contributed by atoms with E-state index >= 15 is 0 Å². The van der Waals surface area contributed by atoms with Gasteiger partial charge < -0.3 is 40.6 Å². The number of hydrogen-bond donors (Lipinski definition) is 0. The minimum Gasteiger partial charge on any atom is -1.00 e. The van der Waals surface area contributed by atoms with E-state index in [1.165, 1.54) is 39.0 Å². The number of ether oxygens (including phenoxy) is 2. The van der Waals surface area contributed by atoms with Crippen molar-refractivity contribution in [1.82, 2.24) is 19.6 Å². The smallest absolute Gasteiger partial charge is 1.00 e. The van der Waals surface area contributed by atoms with Crippen LogP contribution in [0.2, 0.25) is 0 Å². The molecule has 3 heterocycles. The van der Waals surface area contributed by atoms with Gasteiger partial charge in [-0.05, 0) is 101 Å². The Kier molecular flexibility index (Phi) is 27.2. The van der Waals surface area contributed by atoms with Gasteiger partial charge in [0.25, 0.3) is 12.4 Å². The van der Waals surface area contributed by atoms with E-state index in [1.54, 1.807) is 41.5 Å². The summed E-state index contributed by atoms with van der Waals surface area (Å²) in [6.07, 6.45) is -11.1. The van der Waals surface area contributed by atoms with Crippen molar-refractivity contribution in [1.29, 1.82) is 0 Å². The molecule has 3 aliphatic rings. The van der Waals surface area contributed by atoms with Crippen molar-refractivity contribution in [2.24, 2.45) is 0 Å². The number of likely N-dealkylation sites (tertiary alicyclic amines) is 2. The summed E-state index contributed by atoms with van der Waals surface area (Å²) in [5.74, 6) is -6.98. The molecule has 3 saturated heterocycles. The van der Waals surface area contributed by atoms with Crippen LogP contribution in [0.1, 0.15) is 72.2 Å². The number of carbonyl (C=O) groups is 7. The van der Waals surface area contributed by atoms with E-state index in [0.29, 0.717) is 17.7 Å². The van der Waals surface area contributed by atoms with Gasteiger partial charge in [-0.15, -0.1) is 11.6 Å². The third kappa shape index (κ3) is 19.6. The topological polar surface area (TPSA) is 186 Å². The van der Waals surface area contributed by atoms with Crippen molar-refractivity contribution in [3.8, 4) is 0 Å². The van der Waals surface area contributed by atoms with Crippen LogP contribution in [-0.4, -0.2) is 130 Å². The normalized spacial score (nSPS) is 15.3. The van der Waals surface area contributed by atoms with E-state index in [-0.39, 0.29) is 167 Å². The maximum atomic E-state index is 14.5. The molecule has 0 radical (unpaired) electrons. The monoisotopic (exact) mass is 1260 g/mol. The van der Waals surface area contributed by atoms with Crippen molar-refractivity contribution in [3.63, 3.8) is 0 Å². The van der Waals surface area contributed by atoms with Gasteiger partial charge in [0.2, 0.25) is 11.8 Å². The fourth-order valence-electron chi connectivity index (χ4n) is 8.43. The van der Waals surface area contributed by atoms with Gasteiger partial charge in [0.15, 0.2) is 11.3 Å². The van der Waals surface area contributed by atoms with E-state index in [0.717, 1.165) is 58.3 Å². The van der Waals surface area contributed by atoms with Gasteiger partial charge >= 0.3 is 127 Å². The van der Waals surface area contributed by atoms with Gasteiger partial charge in [-0.2, -0.15) is 26.3 Å². The number of amides is 5. The predicted octanol–water partition coefficient (Wildman–Crippen LogP) is 2.84. The van der Waals surface area contributed by atoms with E-state index in [4.69, 9.17) is 32.5 Å². The third-order valence-electron chi connectivity index (χ3n) is 12.2. The zero-order valence-corrected chi connectivity index (χ0v) is 53.0. The quantitative estimate of drug-likeness (QED) is 0.0537. The Bertz CT molecular complexity index is 2950. The molecule has 3 aliphatic heterocycles. The second kappa shape index (κ2) is 30.9. The van der Waals surface area contributed by atoms with E-state index in [1.807, 2.05) is 0 Å². The Morgan fingerprint density at radius 2 is 1.16 bits per heavy atom. The number of halogens is 12.